The van der Waals surface area contributed by atoms with Gasteiger partial charge in [-0.25, -0.2) is 4.99 Å². The minimum atomic E-state index is -0.510. The molecular formula is C29H27ClN4O3. The van der Waals surface area contributed by atoms with Gasteiger partial charge in [0.1, 0.15) is 5.71 Å². The van der Waals surface area contributed by atoms with Gasteiger partial charge in [0.15, 0.2) is 5.76 Å². The topological polar surface area (TPSA) is 69.4 Å². The second-order valence-electron chi connectivity index (χ2n) is 10.1. The molecule has 0 unspecified atom stereocenters. The Balaban J connectivity index is 1.27. The maximum Gasteiger partial charge on any atom is 0.289 e. The lowest BCUT2D eigenvalue weighted by Gasteiger charge is -2.41. The summed E-state index contributed by atoms with van der Waals surface area (Å²) in [6, 6.07) is 16.7. The highest BCUT2D eigenvalue weighted by Crippen LogP contribution is 2.46. The molecule has 2 aromatic carbocycles. The number of hydrogen-bond acceptors (Lipinski definition) is 5. The third kappa shape index (κ3) is 4.18. The first-order valence-electron chi connectivity index (χ1n) is 12.4. The molecule has 8 heteroatoms. The quantitative estimate of drug-likeness (QED) is 0.489. The van der Waals surface area contributed by atoms with Crippen LogP contribution in [0.3, 0.4) is 0 Å². The summed E-state index contributed by atoms with van der Waals surface area (Å²) in [6.45, 7) is 7.70. The molecule has 37 heavy (non-hydrogen) atoms. The molecule has 188 valence electrons. The molecule has 7 nitrogen and oxygen atoms in total. The van der Waals surface area contributed by atoms with Crippen molar-refractivity contribution in [3.8, 4) is 0 Å². The Hall–Kier alpha value is -3.68. The molecule has 0 spiro atoms. The van der Waals surface area contributed by atoms with Crippen molar-refractivity contribution < 1.29 is 14.0 Å². The Bertz CT molecular complexity index is 1430. The summed E-state index contributed by atoms with van der Waals surface area (Å²) in [5, 5.41) is 0.630. The highest BCUT2D eigenvalue weighted by Gasteiger charge is 2.46. The van der Waals surface area contributed by atoms with Crippen LogP contribution < -0.4 is 4.90 Å². The fourth-order valence-electron chi connectivity index (χ4n) is 5.47. The Kier molecular flexibility index (Phi) is 5.77. The number of halogens is 1. The van der Waals surface area contributed by atoms with E-state index in [1.54, 1.807) is 24.3 Å². The lowest BCUT2D eigenvalue weighted by molar-refractivity contribution is -0.112. The van der Waals surface area contributed by atoms with E-state index in [0.717, 1.165) is 36.4 Å². The highest BCUT2D eigenvalue weighted by atomic mass is 35.5. The molecule has 3 aliphatic heterocycles. The van der Waals surface area contributed by atoms with Crippen LogP contribution in [-0.2, 0) is 4.79 Å². The van der Waals surface area contributed by atoms with Crippen molar-refractivity contribution in [2.75, 3.05) is 37.6 Å². The summed E-state index contributed by atoms with van der Waals surface area (Å²) in [7, 11) is 0. The summed E-state index contributed by atoms with van der Waals surface area (Å²) in [4.78, 5) is 37.1. The van der Waals surface area contributed by atoms with Crippen molar-refractivity contribution in [2.45, 2.75) is 19.4 Å². The second-order valence-corrected chi connectivity index (χ2v) is 10.6. The number of furan rings is 1. The van der Waals surface area contributed by atoms with E-state index in [2.05, 4.69) is 30.9 Å². The predicted molar refractivity (Wildman–Crippen MR) is 145 cm³/mol. The Morgan fingerprint density at radius 3 is 2.43 bits per heavy atom. The summed E-state index contributed by atoms with van der Waals surface area (Å²) in [5.41, 5.74) is 4.65. The van der Waals surface area contributed by atoms with Crippen LogP contribution in [0.2, 0.25) is 5.02 Å². The number of carbonyl (C=O) groups is 2. The molecule has 1 fully saturated rings. The minimum Gasteiger partial charge on any atom is -0.459 e. The average molecular weight is 515 g/mol. The Labute approximate surface area is 220 Å². The molecule has 3 aromatic rings. The number of hydrogen-bond donors (Lipinski definition) is 0. The zero-order valence-corrected chi connectivity index (χ0v) is 21.5. The third-order valence-corrected chi connectivity index (χ3v) is 7.48. The molecule has 0 aliphatic carbocycles. The van der Waals surface area contributed by atoms with Crippen LogP contribution in [0.5, 0.6) is 0 Å². The maximum atomic E-state index is 13.6. The second kappa shape index (κ2) is 9.01. The molecule has 2 amide bonds. The Morgan fingerprint density at radius 2 is 1.73 bits per heavy atom. The monoisotopic (exact) mass is 514 g/mol. The van der Waals surface area contributed by atoms with E-state index in [9.17, 15) is 9.59 Å². The zero-order valence-electron chi connectivity index (χ0n) is 20.8. The summed E-state index contributed by atoms with van der Waals surface area (Å²) in [5.74, 6) is 0.221. The van der Waals surface area contributed by atoms with Crippen LogP contribution >= 0.6 is 11.6 Å². The largest absolute Gasteiger partial charge is 0.459 e. The van der Waals surface area contributed by atoms with E-state index < -0.39 is 5.54 Å². The molecule has 0 radical (unpaired) electrons. The molecule has 6 rings (SSSR count). The molecule has 4 heterocycles. The number of amides is 2. The minimum absolute atomic E-state index is 0.0646. The lowest BCUT2D eigenvalue weighted by Crippen LogP contribution is -2.50. The molecule has 1 saturated heterocycles. The maximum absolute atomic E-state index is 13.6. The van der Waals surface area contributed by atoms with Gasteiger partial charge in [-0.15, -0.1) is 0 Å². The average Bonchev–Trinajstić information content (AvgIpc) is 3.52. The standard InChI is InChI=1S/C29H27ClN4O3/c1-29(2)17-19(18-32-12-14-33(15-13-32)27(35)24-7-4-16-37-24)22-5-3-6-23-25(28(36)34(29)26(22)23)31-21-10-8-20(30)9-11-21/h3-11,16-17H,12-15,18H2,1-2H3. The van der Waals surface area contributed by atoms with Gasteiger partial charge in [-0.05, 0) is 55.8 Å². The lowest BCUT2D eigenvalue weighted by atomic mass is 9.88. The van der Waals surface area contributed by atoms with Gasteiger partial charge in [0.05, 0.1) is 23.2 Å². The van der Waals surface area contributed by atoms with Crippen molar-refractivity contribution in [1.29, 1.82) is 0 Å². The van der Waals surface area contributed by atoms with Crippen LogP contribution in [0, 0.1) is 0 Å². The van der Waals surface area contributed by atoms with Crippen LogP contribution in [-0.4, -0.2) is 65.6 Å². The Morgan fingerprint density at radius 1 is 1.00 bits per heavy atom. The number of para-hydroxylation sites is 1. The number of anilines is 1. The highest BCUT2D eigenvalue weighted by molar-refractivity contribution is 6.55. The van der Waals surface area contributed by atoms with E-state index in [1.165, 1.54) is 11.8 Å². The molecule has 3 aliphatic rings. The van der Waals surface area contributed by atoms with Crippen LogP contribution in [0.1, 0.15) is 35.5 Å². The van der Waals surface area contributed by atoms with Gasteiger partial charge in [-0.3, -0.25) is 19.4 Å². The van der Waals surface area contributed by atoms with Gasteiger partial charge in [0.25, 0.3) is 11.8 Å². The van der Waals surface area contributed by atoms with Gasteiger partial charge in [-0.1, -0.05) is 35.9 Å². The number of aliphatic imine (C=N–C) groups is 1. The fraction of sp³-hybridized carbons (Fsp3) is 0.276. The molecular weight excluding hydrogens is 488 g/mol. The van der Waals surface area contributed by atoms with Crippen molar-refractivity contribution in [1.82, 2.24) is 9.80 Å². The normalized spacial score (nSPS) is 19.8. The van der Waals surface area contributed by atoms with Gasteiger partial charge < -0.3 is 9.32 Å². The summed E-state index contributed by atoms with van der Waals surface area (Å²) < 4.78 is 5.28. The number of benzene rings is 2. The molecule has 0 bridgehead atoms. The van der Waals surface area contributed by atoms with Gasteiger partial charge in [0, 0.05) is 48.9 Å². The van der Waals surface area contributed by atoms with Crippen molar-refractivity contribution in [3.05, 3.63) is 88.8 Å². The number of piperazine rings is 1. The van der Waals surface area contributed by atoms with Gasteiger partial charge >= 0.3 is 0 Å². The summed E-state index contributed by atoms with van der Waals surface area (Å²) in [6.07, 6.45) is 3.72. The van der Waals surface area contributed by atoms with Crippen molar-refractivity contribution >= 4 is 46.1 Å². The van der Waals surface area contributed by atoms with Crippen LogP contribution in [0.15, 0.2) is 76.3 Å². The summed E-state index contributed by atoms with van der Waals surface area (Å²) >= 11 is 6.03. The van der Waals surface area contributed by atoms with Gasteiger partial charge in [0.2, 0.25) is 0 Å². The van der Waals surface area contributed by atoms with Crippen molar-refractivity contribution in [2.24, 2.45) is 4.99 Å². The third-order valence-electron chi connectivity index (χ3n) is 7.22. The predicted octanol–water partition coefficient (Wildman–Crippen LogP) is 5.03. The first-order chi connectivity index (χ1) is 17.8. The van der Waals surface area contributed by atoms with E-state index in [-0.39, 0.29) is 11.8 Å². The SMILES string of the molecule is CC1(C)C=C(CN2CCN(C(=O)c3ccco3)CC2)c2cccc3c2N1C(=O)C3=Nc1ccc(Cl)cc1. The number of rotatable bonds is 4. The number of nitrogens with zero attached hydrogens (tertiary/aromatic N) is 4. The fourth-order valence-corrected chi connectivity index (χ4v) is 5.59. The molecule has 0 atom stereocenters. The molecule has 0 N–H and O–H groups in total. The zero-order chi connectivity index (χ0) is 25.7. The van der Waals surface area contributed by atoms with Crippen molar-refractivity contribution in [3.63, 3.8) is 0 Å². The van der Waals surface area contributed by atoms with E-state index >= 15 is 0 Å². The van der Waals surface area contributed by atoms with E-state index in [4.69, 9.17) is 21.0 Å². The van der Waals surface area contributed by atoms with Crippen LogP contribution in [0.4, 0.5) is 11.4 Å². The van der Waals surface area contributed by atoms with Gasteiger partial charge in [-0.2, -0.15) is 0 Å². The first kappa shape index (κ1) is 23.7. The molecule has 1 aromatic heterocycles. The van der Waals surface area contributed by atoms with Crippen LogP contribution in [0.25, 0.3) is 5.57 Å². The van der Waals surface area contributed by atoms with E-state index in [0.29, 0.717) is 35.3 Å². The smallest absolute Gasteiger partial charge is 0.289 e. The number of carbonyl (C=O) groups excluding carboxylic acids is 2. The van der Waals surface area contributed by atoms with E-state index in [1.807, 2.05) is 34.1 Å². The first-order valence-corrected chi connectivity index (χ1v) is 12.8. The molecule has 0 saturated carbocycles.